The summed E-state index contributed by atoms with van der Waals surface area (Å²) in [7, 11) is 0. The van der Waals surface area contributed by atoms with Crippen LogP contribution in [0.5, 0.6) is 5.75 Å². The second kappa shape index (κ2) is 6.30. The lowest BCUT2D eigenvalue weighted by molar-refractivity contribution is -0.117. The highest BCUT2D eigenvalue weighted by atomic mass is 32.2. The van der Waals surface area contributed by atoms with Crippen molar-refractivity contribution in [2.45, 2.75) is 31.4 Å². The van der Waals surface area contributed by atoms with Crippen LogP contribution in [0, 0.1) is 6.92 Å². The van der Waals surface area contributed by atoms with E-state index in [2.05, 4.69) is 4.98 Å². The summed E-state index contributed by atoms with van der Waals surface area (Å²) in [4.78, 5) is 19.8. The molecule has 4 nitrogen and oxygen atoms in total. The van der Waals surface area contributed by atoms with E-state index in [1.807, 2.05) is 56.1 Å². The minimum Gasteiger partial charge on any atom is -0.494 e. The maximum Gasteiger partial charge on any atom is 0.242 e. The zero-order valence-electron chi connectivity index (χ0n) is 12.8. The summed E-state index contributed by atoms with van der Waals surface area (Å²) >= 11 is 3.22. The average molecular weight is 334 g/mol. The minimum absolute atomic E-state index is 0.0243. The molecule has 1 aromatic carbocycles. The molecule has 0 spiro atoms. The van der Waals surface area contributed by atoms with Gasteiger partial charge in [0.15, 0.2) is 5.13 Å². The molecule has 0 unspecified atom stereocenters. The Hall–Kier alpha value is -1.53. The van der Waals surface area contributed by atoms with Gasteiger partial charge in [-0.15, -0.1) is 23.1 Å². The van der Waals surface area contributed by atoms with Crippen molar-refractivity contribution in [3.05, 3.63) is 40.9 Å². The molecule has 1 aliphatic rings. The molecular formula is C16H18N2O2S2. The number of nitrogens with zero attached hydrogens (tertiary/aromatic N) is 2. The lowest BCUT2D eigenvalue weighted by Crippen LogP contribution is -2.29. The molecule has 6 heteroatoms. The molecule has 0 aliphatic carbocycles. The number of anilines is 1. The van der Waals surface area contributed by atoms with Gasteiger partial charge >= 0.3 is 0 Å². The number of ether oxygens (including phenoxy) is 1. The molecule has 0 N–H and O–H groups in total. The van der Waals surface area contributed by atoms with Crippen molar-refractivity contribution in [3.63, 3.8) is 0 Å². The fourth-order valence-electron chi connectivity index (χ4n) is 2.40. The fourth-order valence-corrected chi connectivity index (χ4v) is 4.51. The van der Waals surface area contributed by atoms with Crippen molar-refractivity contribution in [1.29, 1.82) is 0 Å². The number of rotatable bonds is 4. The third kappa shape index (κ3) is 2.85. The molecule has 2 heterocycles. The summed E-state index contributed by atoms with van der Waals surface area (Å²) in [6.07, 6.45) is 1.82. The molecule has 1 amide bonds. The largest absolute Gasteiger partial charge is 0.494 e. The number of benzene rings is 1. The standard InChI is InChI=1S/C16H18N2O2S2/c1-4-20-13-7-5-12(6-8-13)15-18(14(19)11(3)22-15)16-17-9-10(2)21-16/h5-9,11,15H,4H2,1-3H3/t11-,15-/m0/s1. The highest BCUT2D eigenvalue weighted by Crippen LogP contribution is 2.46. The third-order valence-corrected chi connectivity index (χ3v) is 5.71. The van der Waals surface area contributed by atoms with Crippen LogP contribution in [-0.4, -0.2) is 22.7 Å². The van der Waals surface area contributed by atoms with Crippen LogP contribution in [0.2, 0.25) is 0 Å². The molecule has 1 aromatic heterocycles. The summed E-state index contributed by atoms with van der Waals surface area (Å²) in [6.45, 7) is 6.57. The Morgan fingerprint density at radius 1 is 1.32 bits per heavy atom. The van der Waals surface area contributed by atoms with E-state index < -0.39 is 0 Å². The number of carbonyl (C=O) groups excluding carboxylic acids is 1. The Bertz CT molecular complexity index is 669. The predicted molar refractivity (Wildman–Crippen MR) is 91.7 cm³/mol. The first-order valence-corrected chi connectivity index (χ1v) is 8.99. The zero-order chi connectivity index (χ0) is 15.7. The van der Waals surface area contributed by atoms with E-state index in [-0.39, 0.29) is 16.5 Å². The van der Waals surface area contributed by atoms with Crippen LogP contribution in [0.15, 0.2) is 30.5 Å². The molecule has 0 bridgehead atoms. The summed E-state index contributed by atoms with van der Waals surface area (Å²) in [6, 6.07) is 7.97. The summed E-state index contributed by atoms with van der Waals surface area (Å²) in [5, 5.41) is 0.697. The molecule has 3 rings (SSSR count). The van der Waals surface area contributed by atoms with Crippen molar-refractivity contribution < 1.29 is 9.53 Å². The Morgan fingerprint density at radius 3 is 2.64 bits per heavy atom. The van der Waals surface area contributed by atoms with Gasteiger partial charge in [-0.05, 0) is 38.5 Å². The molecule has 1 aliphatic heterocycles. The minimum atomic E-state index is -0.0548. The van der Waals surface area contributed by atoms with Gasteiger partial charge in [0.2, 0.25) is 5.91 Å². The van der Waals surface area contributed by atoms with Gasteiger partial charge in [0.05, 0.1) is 11.9 Å². The molecule has 0 radical (unpaired) electrons. The molecular weight excluding hydrogens is 316 g/mol. The van der Waals surface area contributed by atoms with E-state index in [9.17, 15) is 4.79 Å². The lowest BCUT2D eigenvalue weighted by atomic mass is 10.2. The van der Waals surface area contributed by atoms with Crippen molar-refractivity contribution in [3.8, 4) is 5.75 Å². The Labute approximate surface area is 138 Å². The number of aromatic nitrogens is 1. The number of hydrogen-bond acceptors (Lipinski definition) is 5. The quantitative estimate of drug-likeness (QED) is 0.847. The van der Waals surface area contributed by atoms with Crippen LogP contribution in [0.3, 0.4) is 0 Å². The van der Waals surface area contributed by atoms with Gasteiger partial charge in [0.25, 0.3) is 0 Å². The zero-order valence-corrected chi connectivity index (χ0v) is 14.4. The van der Waals surface area contributed by atoms with Crippen molar-refractivity contribution >= 4 is 34.1 Å². The van der Waals surface area contributed by atoms with E-state index in [1.165, 1.54) is 0 Å². The van der Waals surface area contributed by atoms with Crippen LogP contribution in [0.25, 0.3) is 0 Å². The molecule has 2 atom stereocenters. The molecule has 1 saturated heterocycles. The summed E-state index contributed by atoms with van der Waals surface area (Å²) < 4.78 is 5.48. The van der Waals surface area contributed by atoms with Crippen LogP contribution in [0.4, 0.5) is 5.13 Å². The van der Waals surface area contributed by atoms with Crippen molar-refractivity contribution in [2.24, 2.45) is 0 Å². The smallest absolute Gasteiger partial charge is 0.242 e. The number of thiazole rings is 1. The topological polar surface area (TPSA) is 42.4 Å². The first-order valence-electron chi connectivity index (χ1n) is 7.24. The van der Waals surface area contributed by atoms with Gasteiger partial charge in [-0.3, -0.25) is 9.69 Å². The van der Waals surface area contributed by atoms with Crippen LogP contribution in [-0.2, 0) is 4.79 Å². The molecule has 22 heavy (non-hydrogen) atoms. The number of carbonyl (C=O) groups is 1. The van der Waals surface area contributed by atoms with Gasteiger partial charge in [-0.25, -0.2) is 4.98 Å². The number of amides is 1. The Kier molecular flexibility index (Phi) is 4.40. The van der Waals surface area contributed by atoms with Gasteiger partial charge in [0, 0.05) is 11.1 Å². The number of thioether (sulfide) groups is 1. The highest BCUT2D eigenvalue weighted by Gasteiger charge is 2.40. The van der Waals surface area contributed by atoms with E-state index >= 15 is 0 Å². The lowest BCUT2D eigenvalue weighted by Gasteiger charge is -2.21. The molecule has 0 saturated carbocycles. The van der Waals surface area contributed by atoms with Crippen molar-refractivity contribution in [1.82, 2.24) is 4.98 Å². The SMILES string of the molecule is CCOc1ccc([C@@H]2S[C@@H](C)C(=O)N2c2ncc(C)s2)cc1. The Balaban J connectivity index is 1.91. The second-order valence-electron chi connectivity index (χ2n) is 5.09. The van der Waals surface area contributed by atoms with Crippen LogP contribution < -0.4 is 9.64 Å². The van der Waals surface area contributed by atoms with E-state index in [0.717, 1.165) is 21.3 Å². The second-order valence-corrected chi connectivity index (χ2v) is 7.73. The molecule has 2 aromatic rings. The number of hydrogen-bond donors (Lipinski definition) is 0. The maximum atomic E-state index is 12.5. The normalized spacial score (nSPS) is 21.4. The Morgan fingerprint density at radius 2 is 2.05 bits per heavy atom. The summed E-state index contributed by atoms with van der Waals surface area (Å²) in [5.74, 6) is 0.975. The van der Waals surface area contributed by atoms with Crippen molar-refractivity contribution in [2.75, 3.05) is 11.5 Å². The maximum absolute atomic E-state index is 12.5. The fraction of sp³-hybridized carbons (Fsp3) is 0.375. The van der Waals surface area contributed by atoms with Crippen LogP contribution >= 0.6 is 23.1 Å². The van der Waals surface area contributed by atoms with E-state index in [0.29, 0.717) is 6.61 Å². The first kappa shape index (κ1) is 15.4. The first-order chi connectivity index (χ1) is 10.6. The van der Waals surface area contributed by atoms with Crippen LogP contribution in [0.1, 0.15) is 29.7 Å². The monoisotopic (exact) mass is 334 g/mol. The van der Waals surface area contributed by atoms with E-state index in [1.54, 1.807) is 23.1 Å². The number of aryl methyl sites for hydroxylation is 1. The van der Waals surface area contributed by atoms with Gasteiger partial charge in [0.1, 0.15) is 11.1 Å². The van der Waals surface area contributed by atoms with E-state index in [4.69, 9.17) is 4.74 Å². The van der Waals surface area contributed by atoms with Gasteiger partial charge in [-0.1, -0.05) is 12.1 Å². The highest BCUT2D eigenvalue weighted by molar-refractivity contribution is 8.01. The molecule has 116 valence electrons. The predicted octanol–water partition coefficient (Wildman–Crippen LogP) is 4.02. The average Bonchev–Trinajstić information content (AvgIpc) is 3.05. The summed E-state index contributed by atoms with van der Waals surface area (Å²) in [5.41, 5.74) is 1.10. The molecule has 1 fully saturated rings. The third-order valence-electron chi connectivity index (χ3n) is 3.44. The van der Waals surface area contributed by atoms with Gasteiger partial charge < -0.3 is 4.74 Å². The van der Waals surface area contributed by atoms with Gasteiger partial charge in [-0.2, -0.15) is 0 Å².